The van der Waals surface area contributed by atoms with E-state index in [-0.39, 0.29) is 0 Å². The van der Waals surface area contributed by atoms with Crippen molar-refractivity contribution >= 4 is 11.2 Å². The van der Waals surface area contributed by atoms with Crippen LogP contribution >= 0.6 is 0 Å². The van der Waals surface area contributed by atoms with Gasteiger partial charge in [-0.05, 0) is 39.6 Å². The molecule has 0 saturated heterocycles. The molecule has 0 aliphatic carbocycles. The van der Waals surface area contributed by atoms with Gasteiger partial charge in [-0.2, -0.15) is 5.10 Å². The van der Waals surface area contributed by atoms with Gasteiger partial charge in [-0.1, -0.05) is 61.9 Å². The molecule has 0 unspecified atom stereocenters. The van der Waals surface area contributed by atoms with Crippen molar-refractivity contribution in [3.8, 4) is 22.5 Å². The van der Waals surface area contributed by atoms with Crippen LogP contribution in [0.15, 0.2) is 60.8 Å². The fourth-order valence-corrected chi connectivity index (χ4v) is 3.80. The number of fused-ring (bicyclic) bond motifs is 1. The number of tetrazole rings is 1. The number of hydrogen-bond acceptors (Lipinski definition) is 6. The lowest BCUT2D eigenvalue weighted by Gasteiger charge is -2.11. The summed E-state index contributed by atoms with van der Waals surface area (Å²) >= 11 is 0. The maximum atomic E-state index is 4.79. The average Bonchev–Trinajstić information content (AvgIpc) is 3.47. The number of aryl methyl sites for hydroxylation is 1. The second-order valence-corrected chi connectivity index (χ2v) is 7.45. The van der Waals surface area contributed by atoms with Gasteiger partial charge in [0.1, 0.15) is 11.3 Å². The zero-order chi connectivity index (χ0) is 21.0. The molecule has 1 N–H and O–H groups in total. The number of unbranched alkanes of at least 4 members (excludes halogenated alkanes) is 1. The first-order valence-electron chi connectivity index (χ1n) is 10.4. The fraction of sp³-hybridized carbons (Fsp3) is 0.217. The lowest BCUT2D eigenvalue weighted by atomic mass is 9.98. The minimum Gasteiger partial charge on any atom is -0.307 e. The summed E-state index contributed by atoms with van der Waals surface area (Å²) in [6.45, 7) is 2.90. The van der Waals surface area contributed by atoms with Crippen LogP contribution in [0.25, 0.3) is 33.7 Å². The van der Waals surface area contributed by atoms with E-state index in [1.54, 1.807) is 6.20 Å². The van der Waals surface area contributed by atoms with Crippen LogP contribution in [0.1, 0.15) is 31.2 Å². The van der Waals surface area contributed by atoms with E-state index in [1.165, 1.54) is 5.56 Å². The van der Waals surface area contributed by atoms with E-state index in [4.69, 9.17) is 4.98 Å². The number of imidazole rings is 1. The maximum absolute atomic E-state index is 4.79. The Morgan fingerprint density at radius 2 is 1.77 bits per heavy atom. The van der Waals surface area contributed by atoms with Crippen LogP contribution in [0, 0.1) is 0 Å². The molecule has 0 saturated carbocycles. The molecule has 3 heterocycles. The van der Waals surface area contributed by atoms with Gasteiger partial charge in [0, 0.05) is 12.0 Å². The molecule has 154 valence electrons. The highest BCUT2D eigenvalue weighted by Crippen LogP contribution is 2.30. The Morgan fingerprint density at radius 3 is 2.55 bits per heavy atom. The first-order valence-corrected chi connectivity index (χ1v) is 10.4. The second-order valence-electron chi connectivity index (χ2n) is 7.45. The number of rotatable bonds is 7. The highest BCUT2D eigenvalue weighted by molar-refractivity contribution is 5.80. The van der Waals surface area contributed by atoms with Crippen LogP contribution < -0.4 is 0 Å². The molecule has 3 aromatic heterocycles. The van der Waals surface area contributed by atoms with Gasteiger partial charge in [0.15, 0.2) is 11.5 Å². The molecule has 31 heavy (non-hydrogen) atoms. The molecule has 0 radical (unpaired) electrons. The molecule has 5 aromatic rings. The molecule has 0 fully saturated rings. The summed E-state index contributed by atoms with van der Waals surface area (Å²) in [6.07, 6.45) is 4.86. The summed E-state index contributed by atoms with van der Waals surface area (Å²) in [5, 5.41) is 22.7. The van der Waals surface area contributed by atoms with Crippen molar-refractivity contribution in [2.45, 2.75) is 32.7 Å². The molecular formula is C23H22N8. The molecule has 8 nitrogen and oxygen atoms in total. The van der Waals surface area contributed by atoms with Crippen molar-refractivity contribution in [2.75, 3.05) is 0 Å². The topological polar surface area (TPSA) is 98.1 Å². The number of aromatic amines is 1. The maximum Gasteiger partial charge on any atom is 0.182 e. The summed E-state index contributed by atoms with van der Waals surface area (Å²) in [6, 6.07) is 18.6. The largest absolute Gasteiger partial charge is 0.307 e. The predicted octanol–water partition coefficient (Wildman–Crippen LogP) is 4.06. The normalized spacial score (nSPS) is 11.3. The van der Waals surface area contributed by atoms with E-state index in [0.717, 1.165) is 52.9 Å². The minimum absolute atomic E-state index is 0.656. The summed E-state index contributed by atoms with van der Waals surface area (Å²) in [4.78, 5) is 4.79. The van der Waals surface area contributed by atoms with Crippen LogP contribution in [-0.2, 0) is 13.0 Å². The zero-order valence-corrected chi connectivity index (χ0v) is 17.2. The molecule has 2 aromatic carbocycles. The Balaban J connectivity index is 1.46. The van der Waals surface area contributed by atoms with Crippen LogP contribution in [0.5, 0.6) is 0 Å². The first-order chi connectivity index (χ1) is 15.3. The van der Waals surface area contributed by atoms with Gasteiger partial charge in [-0.25, -0.2) is 10.1 Å². The third-order valence-corrected chi connectivity index (χ3v) is 5.38. The minimum atomic E-state index is 0.656. The lowest BCUT2D eigenvalue weighted by Crippen LogP contribution is -2.06. The summed E-state index contributed by atoms with van der Waals surface area (Å²) in [5.74, 6) is 1.72. The molecule has 0 aliphatic rings. The highest BCUT2D eigenvalue weighted by Gasteiger charge is 2.13. The van der Waals surface area contributed by atoms with Gasteiger partial charge in [0.25, 0.3) is 0 Å². The smallest absolute Gasteiger partial charge is 0.182 e. The molecular weight excluding hydrogens is 388 g/mol. The Labute approximate surface area is 179 Å². The van der Waals surface area contributed by atoms with Gasteiger partial charge < -0.3 is 4.57 Å². The Kier molecular flexibility index (Phi) is 5.18. The number of aromatic nitrogens is 8. The quantitative estimate of drug-likeness (QED) is 0.434. The van der Waals surface area contributed by atoms with Crippen molar-refractivity contribution in [3.63, 3.8) is 0 Å². The molecule has 0 bridgehead atoms. The van der Waals surface area contributed by atoms with Gasteiger partial charge >= 0.3 is 0 Å². The van der Waals surface area contributed by atoms with Crippen molar-refractivity contribution in [2.24, 2.45) is 0 Å². The van der Waals surface area contributed by atoms with E-state index in [9.17, 15) is 0 Å². The molecule has 8 heteroatoms. The highest BCUT2D eigenvalue weighted by atomic mass is 15.5. The fourth-order valence-electron chi connectivity index (χ4n) is 3.80. The average molecular weight is 410 g/mol. The van der Waals surface area contributed by atoms with Crippen molar-refractivity contribution in [1.29, 1.82) is 0 Å². The van der Waals surface area contributed by atoms with Gasteiger partial charge in [-0.15, -0.1) is 10.2 Å². The van der Waals surface area contributed by atoms with Crippen molar-refractivity contribution in [3.05, 3.63) is 72.2 Å². The van der Waals surface area contributed by atoms with Crippen LogP contribution in [0.2, 0.25) is 0 Å². The van der Waals surface area contributed by atoms with Gasteiger partial charge in [-0.3, -0.25) is 0 Å². The Morgan fingerprint density at radius 1 is 0.935 bits per heavy atom. The van der Waals surface area contributed by atoms with Gasteiger partial charge in [0.2, 0.25) is 0 Å². The molecule has 0 aliphatic heterocycles. The van der Waals surface area contributed by atoms with Gasteiger partial charge in [0.05, 0.1) is 12.7 Å². The van der Waals surface area contributed by atoms with Crippen molar-refractivity contribution < 1.29 is 0 Å². The number of nitrogens with one attached hydrogen (secondary N) is 1. The van der Waals surface area contributed by atoms with E-state index in [2.05, 4.69) is 72.6 Å². The molecule has 0 atom stereocenters. The van der Waals surface area contributed by atoms with E-state index >= 15 is 0 Å². The SMILES string of the molecule is CCCCc1nc2ccnnc2n1Cc1ccc(-c2ccccc2-c2nnn[nH]2)cc1. The van der Waals surface area contributed by atoms with E-state index < -0.39 is 0 Å². The molecule has 0 spiro atoms. The van der Waals surface area contributed by atoms with Crippen LogP contribution in [0.4, 0.5) is 0 Å². The predicted molar refractivity (Wildman–Crippen MR) is 118 cm³/mol. The number of nitrogens with zero attached hydrogens (tertiary/aromatic N) is 7. The van der Waals surface area contributed by atoms with Crippen molar-refractivity contribution in [1.82, 2.24) is 40.4 Å². The Bertz CT molecular complexity index is 1290. The van der Waals surface area contributed by atoms with E-state index in [0.29, 0.717) is 12.4 Å². The molecule has 0 amide bonds. The zero-order valence-electron chi connectivity index (χ0n) is 17.2. The van der Waals surface area contributed by atoms with Crippen LogP contribution in [0.3, 0.4) is 0 Å². The second kappa shape index (κ2) is 8.43. The molecule has 5 rings (SSSR count). The first kappa shape index (κ1) is 19.0. The number of H-pyrrole nitrogens is 1. The van der Waals surface area contributed by atoms with Crippen LogP contribution in [-0.4, -0.2) is 40.4 Å². The third-order valence-electron chi connectivity index (χ3n) is 5.38. The summed E-state index contributed by atoms with van der Waals surface area (Å²) in [5.41, 5.74) is 6.07. The Hall–Kier alpha value is -3.94. The lowest BCUT2D eigenvalue weighted by molar-refractivity contribution is 0.684. The third kappa shape index (κ3) is 3.79. The summed E-state index contributed by atoms with van der Waals surface area (Å²) in [7, 11) is 0. The van der Waals surface area contributed by atoms with E-state index in [1.807, 2.05) is 24.3 Å². The number of benzene rings is 2. The summed E-state index contributed by atoms with van der Waals surface area (Å²) < 4.78 is 2.18. The number of hydrogen-bond donors (Lipinski definition) is 1. The standard InChI is InChI=1S/C23H22N8/c1-2-3-8-21-25-20-13-14-24-28-23(20)31(21)15-16-9-11-17(12-10-16)18-6-4-5-7-19(18)22-26-29-30-27-22/h4-7,9-14H,2-3,8,15H2,1H3,(H,26,27,29,30). The monoisotopic (exact) mass is 410 g/mol.